The fraction of sp³-hybridized carbons (Fsp3) is 0.273. The zero-order valence-electron chi connectivity index (χ0n) is 24.9. The van der Waals surface area contributed by atoms with Crippen molar-refractivity contribution in [3.05, 3.63) is 121 Å². The van der Waals surface area contributed by atoms with Gasteiger partial charge in [-0.3, -0.25) is 0 Å². The van der Waals surface area contributed by atoms with E-state index in [9.17, 15) is 21.4 Å². The smallest absolute Gasteiger partial charge is 0.357 e. The third kappa shape index (κ3) is 9.93. The lowest BCUT2D eigenvalue weighted by molar-refractivity contribution is -0.597. The van der Waals surface area contributed by atoms with Gasteiger partial charge in [-0.2, -0.15) is 8.42 Å². The quantitative estimate of drug-likeness (QED) is 0.169. The van der Waals surface area contributed by atoms with Gasteiger partial charge in [0.05, 0.1) is 4.90 Å². The van der Waals surface area contributed by atoms with Crippen LogP contribution in [0, 0.1) is 14.1 Å². The van der Waals surface area contributed by atoms with Gasteiger partial charge in [0.15, 0.2) is 7.14 Å². The highest BCUT2D eigenvalue weighted by molar-refractivity contribution is 7.87. The molecule has 4 aromatic rings. The zero-order chi connectivity index (χ0) is 31.3. The monoisotopic (exact) mass is 720 g/mol. The highest BCUT2D eigenvalue weighted by Gasteiger charge is 2.20. The first-order valence-corrected chi connectivity index (χ1v) is 18.2. The van der Waals surface area contributed by atoms with Crippen molar-refractivity contribution in [1.29, 1.82) is 0 Å². The van der Waals surface area contributed by atoms with E-state index >= 15 is 0 Å². The van der Waals surface area contributed by atoms with Crippen molar-refractivity contribution in [3.8, 4) is 5.75 Å². The second kappa shape index (κ2) is 13.3. The van der Waals surface area contributed by atoms with Crippen LogP contribution in [0.1, 0.15) is 58.2 Å². The Bertz CT molecular complexity index is 1630. The van der Waals surface area contributed by atoms with E-state index < -0.39 is 25.1 Å². The number of aryl methyl sites for hydroxylation is 1. The number of hydrogen-bond donors (Lipinski definition) is 0. The van der Waals surface area contributed by atoms with Crippen molar-refractivity contribution in [3.63, 3.8) is 0 Å². The summed E-state index contributed by atoms with van der Waals surface area (Å²) in [5.41, 5.74) is 4.21. The molecule has 0 fully saturated rings. The molecular formula is C33H37IO6S2. The van der Waals surface area contributed by atoms with Crippen LogP contribution < -0.4 is 25.4 Å². The van der Waals surface area contributed by atoms with Crippen LogP contribution in [0.2, 0.25) is 0 Å². The Morgan fingerprint density at radius 1 is 0.571 bits per heavy atom. The Morgan fingerprint density at radius 3 is 1.31 bits per heavy atom. The van der Waals surface area contributed by atoms with Crippen LogP contribution in [0.5, 0.6) is 5.75 Å². The van der Waals surface area contributed by atoms with E-state index in [1.54, 1.807) is 12.1 Å². The van der Waals surface area contributed by atoms with Gasteiger partial charge in [0.1, 0.15) is 20.8 Å². The Hall–Kier alpha value is -2.73. The maximum absolute atomic E-state index is 12.0. The lowest BCUT2D eigenvalue weighted by atomic mass is 9.87. The van der Waals surface area contributed by atoms with Crippen LogP contribution in [0.3, 0.4) is 0 Å². The minimum atomic E-state index is -4.58. The maximum atomic E-state index is 12.0. The summed E-state index contributed by atoms with van der Waals surface area (Å²) in [4.78, 5) is -0.476. The summed E-state index contributed by atoms with van der Waals surface area (Å²) >= 11 is -0.0703. The second-order valence-corrected chi connectivity index (χ2v) is 17.8. The first-order chi connectivity index (χ1) is 19.3. The van der Waals surface area contributed by atoms with E-state index in [0.717, 1.165) is 29.8 Å². The van der Waals surface area contributed by atoms with E-state index in [-0.39, 0.29) is 42.7 Å². The largest absolute Gasteiger partial charge is 0.744 e. The van der Waals surface area contributed by atoms with Crippen molar-refractivity contribution in [2.24, 2.45) is 0 Å². The van der Waals surface area contributed by atoms with E-state index in [4.69, 9.17) is 4.18 Å². The molecule has 224 valence electrons. The van der Waals surface area contributed by atoms with Gasteiger partial charge >= 0.3 is 31.3 Å². The van der Waals surface area contributed by atoms with Gasteiger partial charge in [-0.05, 0) is 89.5 Å². The highest BCUT2D eigenvalue weighted by atomic mass is 127. The molecule has 0 aliphatic carbocycles. The summed E-state index contributed by atoms with van der Waals surface area (Å²) in [6.45, 7) is 15.4. The Balaban J connectivity index is 0.000000230. The van der Waals surface area contributed by atoms with Crippen molar-refractivity contribution in [2.75, 3.05) is 0 Å². The molecule has 9 heteroatoms. The van der Waals surface area contributed by atoms with Gasteiger partial charge in [-0.25, -0.2) is 8.42 Å². The van der Waals surface area contributed by atoms with Gasteiger partial charge in [-0.1, -0.05) is 83.5 Å². The Morgan fingerprint density at radius 2 is 0.952 bits per heavy atom. The fourth-order valence-electron chi connectivity index (χ4n) is 3.69. The molecule has 0 heterocycles. The third-order valence-electron chi connectivity index (χ3n) is 6.27. The Labute approximate surface area is 261 Å². The molecule has 42 heavy (non-hydrogen) atoms. The molecule has 4 rings (SSSR count). The average molecular weight is 721 g/mol. The van der Waals surface area contributed by atoms with Gasteiger partial charge in [0, 0.05) is 0 Å². The van der Waals surface area contributed by atoms with Crippen molar-refractivity contribution in [2.45, 2.75) is 69.1 Å². The standard InChI is InChI=1S/C20H26I.C13H12O6S2/c1-19(2,3)15-7-11-17(12-8-15)21-18-13-9-16(10-14-18)20(4,5)6;1-10-2-6-13(7-3-10)21(17,18)19-11-4-8-12(9-5-11)20(14,15)16/h7-14H,1-6H3;2-9H,1H3,(H,14,15,16)/q+1;/p-1. The van der Waals surface area contributed by atoms with Crippen LogP contribution in [-0.4, -0.2) is 21.4 Å². The topological polar surface area (TPSA) is 101 Å². The molecule has 0 aliphatic rings. The highest BCUT2D eigenvalue weighted by Crippen LogP contribution is 2.23. The zero-order valence-corrected chi connectivity index (χ0v) is 28.7. The maximum Gasteiger partial charge on any atom is 0.357 e. The van der Waals surface area contributed by atoms with E-state index in [0.29, 0.717) is 0 Å². The van der Waals surface area contributed by atoms with Gasteiger partial charge < -0.3 is 8.74 Å². The predicted octanol–water partition coefficient (Wildman–Crippen LogP) is 4.08. The van der Waals surface area contributed by atoms with Crippen LogP contribution in [0.25, 0.3) is 0 Å². The summed E-state index contributed by atoms with van der Waals surface area (Å²) in [5, 5.41) is 0. The summed E-state index contributed by atoms with van der Waals surface area (Å²) in [6, 6.07) is 28.7. The van der Waals surface area contributed by atoms with Crippen LogP contribution >= 0.6 is 0 Å². The molecule has 0 saturated carbocycles. The summed E-state index contributed by atoms with van der Waals surface area (Å²) < 4.78 is 64.1. The fourth-order valence-corrected chi connectivity index (χ4v) is 7.25. The van der Waals surface area contributed by atoms with Crippen LogP contribution in [0.4, 0.5) is 0 Å². The molecule has 0 unspecified atom stereocenters. The predicted molar refractivity (Wildman–Crippen MR) is 161 cm³/mol. The Kier molecular flexibility index (Phi) is 10.7. The van der Waals surface area contributed by atoms with Crippen LogP contribution in [-0.2, 0) is 31.1 Å². The second-order valence-electron chi connectivity index (χ2n) is 11.9. The van der Waals surface area contributed by atoms with Crippen molar-refractivity contribution in [1.82, 2.24) is 0 Å². The lowest BCUT2D eigenvalue weighted by Crippen LogP contribution is -3.61. The normalized spacial score (nSPS) is 12.3. The molecule has 0 spiro atoms. The molecule has 6 nitrogen and oxygen atoms in total. The van der Waals surface area contributed by atoms with E-state index in [1.165, 1.54) is 30.4 Å². The lowest BCUT2D eigenvalue weighted by Gasteiger charge is -2.18. The molecule has 0 bridgehead atoms. The summed E-state index contributed by atoms with van der Waals surface area (Å²) in [6.07, 6.45) is 0. The van der Waals surface area contributed by atoms with Crippen molar-refractivity contribution < 1.29 is 46.8 Å². The van der Waals surface area contributed by atoms with Gasteiger partial charge in [-0.15, -0.1) is 0 Å². The number of halogens is 1. The van der Waals surface area contributed by atoms with Gasteiger partial charge in [0.25, 0.3) is 0 Å². The molecule has 0 saturated heterocycles. The van der Waals surface area contributed by atoms with Crippen LogP contribution in [0.15, 0.2) is 107 Å². The SMILES string of the molecule is CC(C)(C)c1ccc([I+]c2ccc(C(C)(C)C)cc2)cc1.Cc1ccc(S(=O)(=O)Oc2ccc(S(=O)(=O)[O-])cc2)cc1. The van der Waals surface area contributed by atoms with E-state index in [2.05, 4.69) is 90.1 Å². The molecule has 0 N–H and O–H groups in total. The minimum Gasteiger partial charge on any atom is -0.744 e. The molecule has 0 aromatic heterocycles. The first-order valence-electron chi connectivity index (χ1n) is 13.3. The summed E-state index contributed by atoms with van der Waals surface area (Å²) in [7, 11) is -8.58. The van der Waals surface area contributed by atoms with Crippen molar-refractivity contribution >= 4 is 20.2 Å². The number of benzene rings is 4. The average Bonchev–Trinajstić information content (AvgIpc) is 2.88. The summed E-state index contributed by atoms with van der Waals surface area (Å²) in [5.74, 6) is -0.0806. The number of hydrogen-bond acceptors (Lipinski definition) is 6. The molecule has 0 radical (unpaired) electrons. The first kappa shape index (κ1) is 33.8. The van der Waals surface area contributed by atoms with Gasteiger partial charge in [0.2, 0.25) is 0 Å². The number of rotatable bonds is 6. The van der Waals surface area contributed by atoms with E-state index in [1.807, 2.05) is 6.92 Å². The molecule has 4 aromatic carbocycles. The minimum absolute atomic E-state index is 0.0198. The molecular weight excluding hydrogens is 683 g/mol. The molecule has 0 atom stereocenters. The third-order valence-corrected chi connectivity index (χ3v) is 11.1. The molecule has 0 aliphatic heterocycles. The molecule has 0 amide bonds.